The van der Waals surface area contributed by atoms with E-state index in [2.05, 4.69) is 9.97 Å². The van der Waals surface area contributed by atoms with E-state index in [9.17, 15) is 0 Å². The Morgan fingerprint density at radius 3 is 1.50 bits per heavy atom. The van der Waals surface area contributed by atoms with Crippen molar-refractivity contribution in [3.05, 3.63) is 71.0 Å². The van der Waals surface area contributed by atoms with E-state index in [1.807, 2.05) is 60.9 Å². The number of rotatable bonds is 0. The number of nitrogens with one attached hydrogen (secondary N) is 2. The van der Waals surface area contributed by atoms with Gasteiger partial charge in [-0.2, -0.15) is 0 Å². The lowest BCUT2D eigenvalue weighted by Gasteiger charge is -1.88. The van der Waals surface area contributed by atoms with Crippen molar-refractivity contribution in [2.75, 3.05) is 0 Å². The van der Waals surface area contributed by atoms with Crippen molar-refractivity contribution >= 4 is 45.0 Å². The monoisotopic (exact) mass is 302 g/mol. The number of aromatic nitrogens is 2. The van der Waals surface area contributed by atoms with Gasteiger partial charge in [0.05, 0.1) is 0 Å². The van der Waals surface area contributed by atoms with Gasteiger partial charge in [0.2, 0.25) is 0 Å². The summed E-state index contributed by atoms with van der Waals surface area (Å²) in [4.78, 5) is 6.18. The van der Waals surface area contributed by atoms with Gasteiger partial charge in [-0.15, -0.1) is 0 Å². The Hall–Kier alpha value is -1.90. The standard InChI is InChI=1S/2C8H6ClN/c2*9-7-1-2-8-6(5-7)3-4-10-8/h2*1-5,10H. The van der Waals surface area contributed by atoms with E-state index in [4.69, 9.17) is 23.2 Å². The van der Waals surface area contributed by atoms with Gasteiger partial charge >= 0.3 is 0 Å². The third kappa shape index (κ3) is 2.82. The van der Waals surface area contributed by atoms with Crippen molar-refractivity contribution in [3.63, 3.8) is 0 Å². The summed E-state index contributed by atoms with van der Waals surface area (Å²) in [5.41, 5.74) is 2.26. The summed E-state index contributed by atoms with van der Waals surface area (Å²) in [5, 5.41) is 3.89. The fourth-order valence-electron chi connectivity index (χ4n) is 2.05. The lowest BCUT2D eigenvalue weighted by molar-refractivity contribution is 1.48. The van der Waals surface area contributed by atoms with Gasteiger partial charge in [-0.1, -0.05) is 23.2 Å². The molecule has 0 bridgehead atoms. The molecule has 0 aliphatic rings. The maximum atomic E-state index is 5.76. The topological polar surface area (TPSA) is 31.6 Å². The van der Waals surface area contributed by atoms with Crippen LogP contribution in [0, 0.1) is 0 Å². The van der Waals surface area contributed by atoms with E-state index < -0.39 is 0 Å². The summed E-state index contributed by atoms with van der Waals surface area (Å²) in [6.45, 7) is 0. The molecular weight excluding hydrogens is 291 g/mol. The highest BCUT2D eigenvalue weighted by molar-refractivity contribution is 6.31. The molecule has 0 fully saturated rings. The van der Waals surface area contributed by atoms with E-state index in [1.165, 1.54) is 0 Å². The first kappa shape index (κ1) is 13.1. The molecular formula is C16H12Cl2N2. The lowest BCUT2D eigenvalue weighted by Crippen LogP contribution is -1.65. The van der Waals surface area contributed by atoms with Crippen molar-refractivity contribution < 1.29 is 0 Å². The fourth-order valence-corrected chi connectivity index (χ4v) is 2.41. The average molecular weight is 303 g/mol. The molecule has 100 valence electrons. The molecule has 2 heterocycles. The molecule has 0 atom stereocenters. The van der Waals surface area contributed by atoms with E-state index in [0.717, 1.165) is 31.9 Å². The molecule has 0 spiro atoms. The highest BCUT2D eigenvalue weighted by Crippen LogP contribution is 2.17. The summed E-state index contributed by atoms with van der Waals surface area (Å²) in [6.07, 6.45) is 3.81. The van der Waals surface area contributed by atoms with Gasteiger partial charge < -0.3 is 9.97 Å². The third-order valence-electron chi connectivity index (χ3n) is 3.03. The van der Waals surface area contributed by atoms with Crippen LogP contribution in [-0.4, -0.2) is 9.97 Å². The van der Waals surface area contributed by atoms with Gasteiger partial charge in [0, 0.05) is 44.2 Å². The Morgan fingerprint density at radius 2 is 1.05 bits per heavy atom. The van der Waals surface area contributed by atoms with Crippen LogP contribution in [0.4, 0.5) is 0 Å². The smallest absolute Gasteiger partial charge is 0.0454 e. The number of hydrogen-bond acceptors (Lipinski definition) is 0. The molecule has 20 heavy (non-hydrogen) atoms. The molecule has 0 saturated carbocycles. The summed E-state index contributed by atoms with van der Waals surface area (Å²) in [7, 11) is 0. The third-order valence-corrected chi connectivity index (χ3v) is 3.50. The Balaban J connectivity index is 0.000000121. The van der Waals surface area contributed by atoms with Crippen molar-refractivity contribution in [2.45, 2.75) is 0 Å². The molecule has 4 heteroatoms. The van der Waals surface area contributed by atoms with Crippen molar-refractivity contribution in [1.82, 2.24) is 9.97 Å². The van der Waals surface area contributed by atoms with Crippen molar-refractivity contribution in [3.8, 4) is 0 Å². The molecule has 0 saturated heterocycles. The van der Waals surface area contributed by atoms with Crippen LogP contribution >= 0.6 is 23.2 Å². The number of benzene rings is 2. The zero-order chi connectivity index (χ0) is 13.9. The Labute approximate surface area is 126 Å². The number of aromatic amines is 2. The minimum absolute atomic E-state index is 0.784. The molecule has 0 radical (unpaired) electrons. The summed E-state index contributed by atoms with van der Waals surface area (Å²) < 4.78 is 0. The van der Waals surface area contributed by atoms with Crippen molar-refractivity contribution in [2.24, 2.45) is 0 Å². The molecule has 2 aromatic heterocycles. The van der Waals surface area contributed by atoms with E-state index in [1.54, 1.807) is 0 Å². The van der Waals surface area contributed by atoms with Crippen LogP contribution in [0.3, 0.4) is 0 Å². The minimum Gasteiger partial charge on any atom is -0.361 e. The van der Waals surface area contributed by atoms with Crippen LogP contribution in [0.2, 0.25) is 10.0 Å². The second-order valence-corrected chi connectivity index (χ2v) is 5.29. The Morgan fingerprint density at radius 1 is 0.600 bits per heavy atom. The second-order valence-electron chi connectivity index (χ2n) is 4.42. The summed E-state index contributed by atoms with van der Waals surface area (Å²) >= 11 is 11.5. The maximum Gasteiger partial charge on any atom is 0.0454 e. The molecule has 2 N–H and O–H groups in total. The number of hydrogen-bond donors (Lipinski definition) is 2. The van der Waals surface area contributed by atoms with Crippen LogP contribution in [-0.2, 0) is 0 Å². The molecule has 2 nitrogen and oxygen atoms in total. The Kier molecular flexibility index (Phi) is 3.68. The summed E-state index contributed by atoms with van der Waals surface area (Å²) in [6, 6.07) is 15.6. The Bertz CT molecular complexity index is 774. The zero-order valence-corrected chi connectivity index (χ0v) is 12.0. The molecule has 4 aromatic rings. The first-order valence-electron chi connectivity index (χ1n) is 6.18. The molecule has 0 amide bonds. The predicted octanol–water partition coefficient (Wildman–Crippen LogP) is 5.64. The van der Waals surface area contributed by atoms with Crippen molar-refractivity contribution in [1.29, 1.82) is 0 Å². The fraction of sp³-hybridized carbons (Fsp3) is 0. The molecule has 0 aliphatic carbocycles. The highest BCUT2D eigenvalue weighted by atomic mass is 35.5. The van der Waals surface area contributed by atoms with Crippen LogP contribution in [0.5, 0.6) is 0 Å². The number of H-pyrrole nitrogens is 2. The van der Waals surface area contributed by atoms with Gasteiger partial charge in [-0.05, 0) is 48.5 Å². The molecule has 4 rings (SSSR count). The van der Waals surface area contributed by atoms with Crippen LogP contribution < -0.4 is 0 Å². The molecule has 0 unspecified atom stereocenters. The van der Waals surface area contributed by atoms with Gasteiger partial charge in [-0.3, -0.25) is 0 Å². The van der Waals surface area contributed by atoms with E-state index in [-0.39, 0.29) is 0 Å². The van der Waals surface area contributed by atoms with Gasteiger partial charge in [0.25, 0.3) is 0 Å². The average Bonchev–Trinajstić information content (AvgIpc) is 3.06. The first-order chi connectivity index (χ1) is 9.72. The maximum absolute atomic E-state index is 5.76. The van der Waals surface area contributed by atoms with Crippen LogP contribution in [0.25, 0.3) is 21.8 Å². The number of halogens is 2. The SMILES string of the molecule is Clc1ccc2[nH]ccc2c1.Clc1ccc2[nH]ccc2c1. The van der Waals surface area contributed by atoms with Crippen LogP contribution in [0.15, 0.2) is 60.9 Å². The first-order valence-corrected chi connectivity index (χ1v) is 6.93. The van der Waals surface area contributed by atoms with E-state index >= 15 is 0 Å². The molecule has 0 aliphatic heterocycles. The normalized spacial score (nSPS) is 10.5. The lowest BCUT2D eigenvalue weighted by atomic mass is 10.2. The zero-order valence-electron chi connectivity index (χ0n) is 10.5. The van der Waals surface area contributed by atoms with Gasteiger partial charge in [-0.25, -0.2) is 0 Å². The summed E-state index contributed by atoms with van der Waals surface area (Å²) in [5.74, 6) is 0. The number of fused-ring (bicyclic) bond motifs is 2. The quantitative estimate of drug-likeness (QED) is 0.421. The largest absolute Gasteiger partial charge is 0.361 e. The van der Waals surface area contributed by atoms with Crippen LogP contribution in [0.1, 0.15) is 0 Å². The highest BCUT2D eigenvalue weighted by Gasteiger charge is 1.93. The second kappa shape index (κ2) is 5.61. The van der Waals surface area contributed by atoms with Gasteiger partial charge in [0.15, 0.2) is 0 Å². The van der Waals surface area contributed by atoms with Gasteiger partial charge in [0.1, 0.15) is 0 Å². The molecule has 2 aromatic carbocycles. The predicted molar refractivity (Wildman–Crippen MR) is 86.6 cm³/mol. The minimum atomic E-state index is 0.784. The van der Waals surface area contributed by atoms with E-state index in [0.29, 0.717) is 0 Å².